The second-order valence-electron chi connectivity index (χ2n) is 12.3. The van der Waals surface area contributed by atoms with Gasteiger partial charge in [-0.3, -0.25) is 4.57 Å². The van der Waals surface area contributed by atoms with Gasteiger partial charge in [0.15, 0.2) is 17.5 Å². The van der Waals surface area contributed by atoms with Crippen molar-refractivity contribution in [1.82, 2.24) is 29.1 Å². The Morgan fingerprint density at radius 2 is 0.800 bits per heavy atom. The number of aromatic nitrogens is 6. The van der Waals surface area contributed by atoms with Crippen molar-refractivity contribution in [2.45, 2.75) is 0 Å². The van der Waals surface area contributed by atoms with Gasteiger partial charge < -0.3 is 4.57 Å². The van der Waals surface area contributed by atoms with Crippen LogP contribution >= 0.6 is 0 Å². The molecule has 4 aromatic heterocycles. The monoisotopic (exact) mass is 640 g/mol. The molecule has 0 bridgehead atoms. The normalized spacial score (nSPS) is 11.6. The molecular weight excluding hydrogens is 613 g/mol. The molecule has 0 radical (unpaired) electrons. The van der Waals surface area contributed by atoms with Gasteiger partial charge in [-0.2, -0.15) is 0 Å². The van der Waals surface area contributed by atoms with E-state index in [0.29, 0.717) is 23.2 Å². The van der Waals surface area contributed by atoms with Crippen LogP contribution in [0.1, 0.15) is 0 Å². The molecule has 10 rings (SSSR count). The number of hydrogen-bond acceptors (Lipinski definition) is 4. The lowest BCUT2D eigenvalue weighted by Gasteiger charge is -2.11. The average Bonchev–Trinajstić information content (AvgIpc) is 3.72. The van der Waals surface area contributed by atoms with Crippen LogP contribution in [0.5, 0.6) is 0 Å². The van der Waals surface area contributed by atoms with Crippen molar-refractivity contribution in [3.05, 3.63) is 170 Å². The van der Waals surface area contributed by atoms with Gasteiger partial charge in [-0.25, -0.2) is 19.9 Å². The van der Waals surface area contributed by atoms with E-state index in [1.54, 1.807) is 0 Å². The van der Waals surface area contributed by atoms with Crippen LogP contribution in [0.2, 0.25) is 0 Å². The zero-order valence-corrected chi connectivity index (χ0v) is 26.8. The first-order valence-electron chi connectivity index (χ1n) is 16.7. The van der Waals surface area contributed by atoms with Gasteiger partial charge in [-0.1, -0.05) is 121 Å². The highest BCUT2D eigenvalue weighted by atomic mass is 15.1. The summed E-state index contributed by atoms with van der Waals surface area (Å²) in [5.41, 5.74) is 8.17. The van der Waals surface area contributed by atoms with E-state index in [4.69, 9.17) is 19.9 Å². The lowest BCUT2D eigenvalue weighted by Crippen LogP contribution is -2.03. The Bertz CT molecular complexity index is 2800. The summed E-state index contributed by atoms with van der Waals surface area (Å²) in [6, 6.07) is 58.5. The molecule has 0 saturated carbocycles. The molecule has 0 saturated heterocycles. The fraction of sp³-hybridized carbons (Fsp3) is 0. The first kappa shape index (κ1) is 28.1. The molecule has 0 unspecified atom stereocenters. The van der Waals surface area contributed by atoms with E-state index < -0.39 is 0 Å². The second-order valence-corrected chi connectivity index (χ2v) is 12.3. The molecule has 0 aliphatic heterocycles. The molecule has 0 amide bonds. The van der Waals surface area contributed by atoms with Crippen molar-refractivity contribution in [3.63, 3.8) is 0 Å². The maximum Gasteiger partial charge on any atom is 0.182 e. The number of benzene rings is 6. The molecule has 50 heavy (non-hydrogen) atoms. The van der Waals surface area contributed by atoms with E-state index in [-0.39, 0.29) is 0 Å². The molecule has 4 heterocycles. The molecule has 0 N–H and O–H groups in total. The molecular formula is C44H28N6. The molecule has 0 aliphatic carbocycles. The van der Waals surface area contributed by atoms with E-state index in [1.807, 2.05) is 72.8 Å². The van der Waals surface area contributed by atoms with Crippen molar-refractivity contribution in [2.75, 3.05) is 0 Å². The third kappa shape index (κ3) is 4.43. The van der Waals surface area contributed by atoms with Crippen LogP contribution in [-0.4, -0.2) is 29.1 Å². The first-order valence-corrected chi connectivity index (χ1v) is 16.7. The van der Waals surface area contributed by atoms with Gasteiger partial charge >= 0.3 is 0 Å². The lowest BCUT2D eigenvalue weighted by molar-refractivity contribution is 1.03. The summed E-state index contributed by atoms with van der Waals surface area (Å²) >= 11 is 0. The zero-order valence-electron chi connectivity index (χ0n) is 26.8. The highest BCUT2D eigenvalue weighted by Gasteiger charge is 2.21. The van der Waals surface area contributed by atoms with Crippen molar-refractivity contribution < 1.29 is 0 Å². The number of fused-ring (bicyclic) bond motifs is 7. The van der Waals surface area contributed by atoms with Crippen molar-refractivity contribution in [2.24, 2.45) is 0 Å². The van der Waals surface area contributed by atoms with Gasteiger partial charge in [-0.05, 0) is 48.5 Å². The van der Waals surface area contributed by atoms with Gasteiger partial charge in [-0.15, -0.1) is 0 Å². The minimum absolute atomic E-state index is 0.522. The fourth-order valence-electron chi connectivity index (χ4n) is 7.22. The predicted octanol–water partition coefficient (Wildman–Crippen LogP) is 10.5. The third-order valence-corrected chi connectivity index (χ3v) is 9.38. The molecule has 10 aromatic rings. The Hall–Kier alpha value is -6.92. The predicted molar refractivity (Wildman–Crippen MR) is 203 cm³/mol. The molecule has 0 atom stereocenters. The summed E-state index contributed by atoms with van der Waals surface area (Å²) in [7, 11) is 0. The highest BCUT2D eigenvalue weighted by Crippen LogP contribution is 2.42. The molecule has 0 aliphatic rings. The topological polar surface area (TPSA) is 61.4 Å². The first-order chi connectivity index (χ1) is 24.8. The van der Waals surface area contributed by atoms with Crippen LogP contribution in [-0.2, 0) is 0 Å². The van der Waals surface area contributed by atoms with Crippen molar-refractivity contribution in [3.8, 4) is 45.8 Å². The summed E-state index contributed by atoms with van der Waals surface area (Å²) in [5.74, 6) is 2.53. The fourth-order valence-corrected chi connectivity index (χ4v) is 7.22. The van der Waals surface area contributed by atoms with Crippen LogP contribution in [0.4, 0.5) is 0 Å². The van der Waals surface area contributed by atoms with E-state index in [0.717, 1.165) is 33.7 Å². The van der Waals surface area contributed by atoms with Gasteiger partial charge in [0.05, 0.1) is 22.1 Å². The van der Waals surface area contributed by atoms with E-state index in [1.165, 1.54) is 32.6 Å². The van der Waals surface area contributed by atoms with E-state index in [2.05, 4.69) is 106 Å². The maximum atomic E-state index is 5.26. The minimum Gasteiger partial charge on any atom is -0.309 e. The zero-order chi connectivity index (χ0) is 33.0. The molecule has 6 nitrogen and oxygen atoms in total. The lowest BCUT2D eigenvalue weighted by atomic mass is 10.1. The Kier molecular flexibility index (Phi) is 6.39. The largest absolute Gasteiger partial charge is 0.309 e. The summed E-state index contributed by atoms with van der Waals surface area (Å²) in [4.78, 5) is 20.0. The third-order valence-electron chi connectivity index (χ3n) is 9.38. The van der Waals surface area contributed by atoms with Crippen LogP contribution in [0, 0.1) is 0 Å². The van der Waals surface area contributed by atoms with Crippen LogP contribution in [0.3, 0.4) is 0 Å². The molecule has 234 valence electrons. The number of para-hydroxylation sites is 3. The number of hydrogen-bond donors (Lipinski definition) is 0. The quantitative estimate of drug-likeness (QED) is 0.188. The number of rotatable bonds is 5. The standard InChI is InChI=1S/C44H28N6/c1-4-15-29(16-5-1)42-46-43(30-17-6-2-7-18-30)48-44(47-42)34-23-14-26-39(45-34)50-36-25-13-11-22-33(36)41-38(50)28-27-37-40(41)32-21-10-12-24-35(32)49(37)31-19-8-3-9-20-31/h1-28H. The Morgan fingerprint density at radius 3 is 1.40 bits per heavy atom. The van der Waals surface area contributed by atoms with Gasteiger partial charge in [0.1, 0.15) is 11.5 Å². The highest BCUT2D eigenvalue weighted by molar-refractivity contribution is 6.28. The summed E-state index contributed by atoms with van der Waals surface area (Å²) in [6.45, 7) is 0. The van der Waals surface area contributed by atoms with Gasteiger partial charge in [0.2, 0.25) is 0 Å². The minimum atomic E-state index is 0.522. The van der Waals surface area contributed by atoms with E-state index >= 15 is 0 Å². The number of nitrogens with zero attached hydrogens (tertiary/aromatic N) is 6. The maximum absolute atomic E-state index is 5.26. The molecule has 6 aromatic carbocycles. The van der Waals surface area contributed by atoms with Gasteiger partial charge in [0, 0.05) is 38.4 Å². The van der Waals surface area contributed by atoms with Crippen LogP contribution in [0.25, 0.3) is 89.4 Å². The van der Waals surface area contributed by atoms with Crippen LogP contribution in [0.15, 0.2) is 170 Å². The number of pyridine rings is 1. The Morgan fingerprint density at radius 1 is 0.320 bits per heavy atom. The second kappa shape index (κ2) is 11.4. The smallest absolute Gasteiger partial charge is 0.182 e. The summed E-state index contributed by atoms with van der Waals surface area (Å²) in [6.07, 6.45) is 0. The van der Waals surface area contributed by atoms with E-state index in [9.17, 15) is 0 Å². The molecule has 0 spiro atoms. The van der Waals surface area contributed by atoms with Gasteiger partial charge in [0.25, 0.3) is 0 Å². The van der Waals surface area contributed by atoms with Crippen molar-refractivity contribution >= 4 is 43.6 Å². The Labute approximate surface area is 287 Å². The van der Waals surface area contributed by atoms with Crippen molar-refractivity contribution in [1.29, 1.82) is 0 Å². The molecule has 0 fully saturated rings. The SMILES string of the molecule is c1ccc(-c2nc(-c3ccccc3)nc(-c3cccc(-n4c5ccccc5c5c6c7ccccc7n(-c7ccccc7)c6ccc54)n3)n2)cc1. The summed E-state index contributed by atoms with van der Waals surface area (Å²) < 4.78 is 4.63. The Balaban J connectivity index is 1.22. The summed E-state index contributed by atoms with van der Waals surface area (Å²) in [5, 5.41) is 4.82. The average molecular weight is 641 g/mol. The molecule has 6 heteroatoms. The van der Waals surface area contributed by atoms with Crippen LogP contribution < -0.4 is 0 Å².